The number of alkyl halides is 3. The van der Waals surface area contributed by atoms with E-state index < -0.39 is 71.8 Å². The van der Waals surface area contributed by atoms with E-state index in [-0.39, 0.29) is 31.9 Å². The summed E-state index contributed by atoms with van der Waals surface area (Å²) in [5.74, 6) is -2.02. The second kappa shape index (κ2) is 16.2. The number of hydrogen-bond donors (Lipinski definition) is 6. The predicted molar refractivity (Wildman–Crippen MR) is 138 cm³/mol. The number of carbonyl (C=O) groups excluding carboxylic acids is 1. The topological polar surface area (TPSA) is 271 Å². The third-order valence-electron chi connectivity index (χ3n) is 5.58. The highest BCUT2D eigenvalue weighted by molar-refractivity contribution is 7.66. The van der Waals surface area contributed by atoms with Crippen molar-refractivity contribution in [2.24, 2.45) is 0 Å². The number of halogens is 3. The van der Waals surface area contributed by atoms with Crippen LogP contribution < -0.4 is 16.6 Å². The highest BCUT2D eigenvalue weighted by Gasteiger charge is 2.43. The lowest BCUT2D eigenvalue weighted by Crippen LogP contribution is -2.37. The van der Waals surface area contributed by atoms with E-state index in [2.05, 4.69) is 18.1 Å². The number of phosphoric acid groups is 3. The number of H-pyrrole nitrogens is 1. The molecular weight excluding hydrogens is 676 g/mol. The molecule has 6 N–H and O–H groups in total. The molecule has 0 aliphatic carbocycles. The largest absolute Gasteiger partial charge is 0.490 e. The van der Waals surface area contributed by atoms with E-state index >= 15 is 0 Å². The number of rotatable bonds is 18. The van der Waals surface area contributed by atoms with Gasteiger partial charge in [0.05, 0.1) is 12.7 Å². The van der Waals surface area contributed by atoms with Crippen molar-refractivity contribution < 1.29 is 78.6 Å². The Labute approximate surface area is 246 Å². The number of aryl methyl sites for hydroxylation is 1. The highest BCUT2D eigenvalue weighted by atomic mass is 31.3. The number of nitrogens with zero attached hydrogens (tertiary/aromatic N) is 1. The van der Waals surface area contributed by atoms with E-state index in [1.807, 2.05) is 0 Å². The minimum atomic E-state index is -5.77. The van der Waals surface area contributed by atoms with Crippen molar-refractivity contribution in [3.05, 3.63) is 32.6 Å². The van der Waals surface area contributed by atoms with Crippen LogP contribution in [0.4, 0.5) is 13.2 Å². The van der Waals surface area contributed by atoms with Gasteiger partial charge in [0.15, 0.2) is 0 Å². The Bertz CT molecular complexity index is 1380. The summed E-state index contributed by atoms with van der Waals surface area (Å²) >= 11 is 0. The van der Waals surface area contributed by atoms with Crippen molar-refractivity contribution in [1.29, 1.82) is 0 Å². The second-order valence-corrected chi connectivity index (χ2v) is 13.5. The predicted octanol–water partition coefficient (Wildman–Crippen LogP) is 1.07. The first-order chi connectivity index (χ1) is 20.2. The van der Waals surface area contributed by atoms with E-state index in [1.54, 1.807) is 5.32 Å². The molecule has 19 nitrogen and oxygen atoms in total. The summed E-state index contributed by atoms with van der Waals surface area (Å²) in [6.07, 6.45) is -5.40. The average molecular weight is 707 g/mol. The number of phosphoric ester groups is 1. The number of hydrogen-bond acceptors (Lipinski definition) is 12. The van der Waals surface area contributed by atoms with Crippen molar-refractivity contribution in [1.82, 2.24) is 14.9 Å². The van der Waals surface area contributed by atoms with Gasteiger partial charge in [0.2, 0.25) is 0 Å². The van der Waals surface area contributed by atoms with Gasteiger partial charge >= 0.3 is 41.2 Å². The molecule has 1 fully saturated rings. The molecule has 44 heavy (non-hydrogen) atoms. The molecule has 0 aromatic carbocycles. The summed E-state index contributed by atoms with van der Waals surface area (Å²) < 4.78 is 100. The monoisotopic (exact) mass is 707 g/mol. The van der Waals surface area contributed by atoms with Crippen LogP contribution in [0.5, 0.6) is 0 Å². The van der Waals surface area contributed by atoms with Gasteiger partial charge in [-0.25, -0.2) is 18.5 Å². The fourth-order valence-corrected chi connectivity index (χ4v) is 6.68. The van der Waals surface area contributed by atoms with Gasteiger partial charge in [-0.1, -0.05) is 12.8 Å². The quantitative estimate of drug-likeness (QED) is 0.0707. The normalized spacial score (nSPS) is 22.0. The van der Waals surface area contributed by atoms with Crippen molar-refractivity contribution in [2.45, 2.75) is 63.6 Å². The van der Waals surface area contributed by atoms with E-state index in [4.69, 9.17) is 24.0 Å². The highest BCUT2D eigenvalue weighted by Crippen LogP contribution is 2.66. The molecule has 0 spiro atoms. The van der Waals surface area contributed by atoms with Gasteiger partial charge in [-0.3, -0.25) is 23.7 Å². The number of unbranched alkanes of at least 4 members (excludes halogenated alkanes) is 3. The standard InChI is InChI=1S/C19H31F3N3O16P3/c1-12-9-25(18(28)24-16(12)26)15-8-13(37-11-36-7-5-3-2-4-6-23-17(27)19(20,21)22)14(39-15)10-38-43(32,33)41-44(34,35)40-42(29,30)31/h9,13-15H,2-8,10-11H2,1H3,(H,23,27)(H,32,33)(H,34,35)(H,24,26,28)(H2,29,30,31)/t13-,14+,15+/m0/s1. The molecule has 2 heterocycles. The zero-order valence-corrected chi connectivity index (χ0v) is 25.5. The number of nitrogens with one attached hydrogen (secondary N) is 2. The molecule has 254 valence electrons. The fourth-order valence-electron chi connectivity index (χ4n) is 3.65. The van der Waals surface area contributed by atoms with Crippen LogP contribution in [0.2, 0.25) is 0 Å². The molecule has 2 unspecified atom stereocenters. The smallest absolute Gasteiger partial charge is 0.355 e. The molecular formula is C19H31F3N3O16P3. The zero-order valence-electron chi connectivity index (χ0n) is 22.8. The van der Waals surface area contributed by atoms with Gasteiger partial charge in [-0.15, -0.1) is 0 Å². The summed E-state index contributed by atoms with van der Waals surface area (Å²) in [5, 5.41) is 1.75. The Morgan fingerprint density at radius 1 is 1.09 bits per heavy atom. The molecule has 1 aliphatic rings. The minimum absolute atomic E-state index is 0.0944. The summed E-state index contributed by atoms with van der Waals surface area (Å²) in [6.45, 7) is 0.166. The number of carbonyl (C=O) groups is 1. The number of ether oxygens (including phenoxy) is 3. The molecule has 2 rings (SSSR count). The number of aromatic nitrogens is 2. The lowest BCUT2D eigenvalue weighted by atomic mass is 10.2. The van der Waals surface area contributed by atoms with Crippen molar-refractivity contribution >= 4 is 29.4 Å². The molecule has 0 bridgehead atoms. The molecule has 1 saturated heterocycles. The number of aromatic amines is 1. The third kappa shape index (κ3) is 13.7. The zero-order chi connectivity index (χ0) is 33.3. The Balaban J connectivity index is 1.91. The van der Waals surface area contributed by atoms with Crippen LogP contribution in [0.3, 0.4) is 0 Å². The van der Waals surface area contributed by atoms with Gasteiger partial charge < -0.3 is 39.1 Å². The first-order valence-corrected chi connectivity index (χ1v) is 17.0. The second-order valence-electron chi connectivity index (χ2n) is 9.13. The maximum absolute atomic E-state index is 12.3. The van der Waals surface area contributed by atoms with E-state index in [0.29, 0.717) is 25.7 Å². The SMILES string of the molecule is Cc1cn([C@H]2C[C@H](OCOCCCCCCNC(=O)C(F)(F)F)[C@@H](COP(=O)(O)OP(=O)(O)OP(=O)(O)O)O2)c(=O)[nH]c1=O. The minimum Gasteiger partial charge on any atom is -0.355 e. The molecule has 1 aliphatic heterocycles. The summed E-state index contributed by atoms with van der Waals surface area (Å²) in [6, 6.07) is 0. The van der Waals surface area contributed by atoms with Gasteiger partial charge in [0.25, 0.3) is 5.56 Å². The van der Waals surface area contributed by atoms with E-state index in [0.717, 1.165) is 4.57 Å². The maximum Gasteiger partial charge on any atom is 0.490 e. The van der Waals surface area contributed by atoms with Gasteiger partial charge in [-0.2, -0.15) is 21.8 Å². The maximum atomic E-state index is 12.3. The van der Waals surface area contributed by atoms with Crippen molar-refractivity contribution in [3.8, 4) is 0 Å². The molecule has 0 saturated carbocycles. The van der Waals surface area contributed by atoms with Crippen molar-refractivity contribution in [2.75, 3.05) is 26.6 Å². The van der Waals surface area contributed by atoms with Crippen LogP contribution >= 0.6 is 23.5 Å². The van der Waals surface area contributed by atoms with Crippen LogP contribution in [0.1, 0.15) is 43.9 Å². The Hall–Kier alpha value is -1.77. The number of amides is 1. The molecule has 1 amide bonds. The Morgan fingerprint density at radius 2 is 1.75 bits per heavy atom. The Morgan fingerprint density at radius 3 is 2.39 bits per heavy atom. The van der Waals surface area contributed by atoms with Gasteiger partial charge in [0.1, 0.15) is 19.1 Å². The average Bonchev–Trinajstić information content (AvgIpc) is 3.26. The van der Waals surface area contributed by atoms with Gasteiger partial charge in [0, 0.05) is 31.3 Å². The van der Waals surface area contributed by atoms with Crippen LogP contribution in [-0.2, 0) is 45.8 Å². The lowest BCUT2D eigenvalue weighted by molar-refractivity contribution is -0.173. The van der Waals surface area contributed by atoms with E-state index in [1.165, 1.54) is 13.1 Å². The summed E-state index contributed by atoms with van der Waals surface area (Å²) in [4.78, 5) is 73.2. The molecule has 1 aromatic rings. The van der Waals surface area contributed by atoms with Crippen molar-refractivity contribution in [3.63, 3.8) is 0 Å². The van der Waals surface area contributed by atoms with Crippen LogP contribution in [-0.4, -0.2) is 80.0 Å². The first kappa shape index (κ1) is 38.4. The van der Waals surface area contributed by atoms with Gasteiger partial charge in [-0.05, 0) is 19.8 Å². The first-order valence-electron chi connectivity index (χ1n) is 12.5. The molecule has 1 aromatic heterocycles. The molecule has 25 heteroatoms. The molecule has 5 atom stereocenters. The van der Waals surface area contributed by atoms with Crippen LogP contribution in [0.25, 0.3) is 0 Å². The lowest BCUT2D eigenvalue weighted by Gasteiger charge is -2.21. The fraction of sp³-hybridized carbons (Fsp3) is 0.737. The van der Waals surface area contributed by atoms with Crippen LogP contribution in [0.15, 0.2) is 15.8 Å². The van der Waals surface area contributed by atoms with Crippen LogP contribution in [0, 0.1) is 6.92 Å². The molecule has 0 radical (unpaired) electrons. The Kier molecular flexibility index (Phi) is 14.1. The van der Waals surface area contributed by atoms with E-state index in [9.17, 15) is 51.0 Å². The third-order valence-corrected chi connectivity index (χ3v) is 9.38. The summed E-state index contributed by atoms with van der Waals surface area (Å²) in [7, 11) is -16.9. The summed E-state index contributed by atoms with van der Waals surface area (Å²) in [5.41, 5.74) is -1.36.